The van der Waals surface area contributed by atoms with Crippen LogP contribution in [0, 0.1) is 5.92 Å². The first kappa shape index (κ1) is 15.3. The zero-order valence-electron chi connectivity index (χ0n) is 13.0. The molecule has 0 aromatic heterocycles. The molecule has 1 atom stereocenters. The highest BCUT2D eigenvalue weighted by molar-refractivity contribution is 7.89. The molecule has 1 aliphatic rings. The van der Waals surface area contributed by atoms with Gasteiger partial charge in [-0.05, 0) is 53.8 Å². The van der Waals surface area contributed by atoms with Crippen LogP contribution in [0.15, 0.2) is 41.3 Å². The van der Waals surface area contributed by atoms with Gasteiger partial charge in [-0.15, -0.1) is 0 Å². The first-order valence-corrected chi connectivity index (χ1v) is 9.02. The number of rotatable bonds is 3. The highest BCUT2D eigenvalue weighted by Crippen LogP contribution is 2.27. The van der Waals surface area contributed by atoms with Gasteiger partial charge in [-0.3, -0.25) is 0 Å². The van der Waals surface area contributed by atoms with E-state index >= 15 is 0 Å². The predicted molar refractivity (Wildman–Crippen MR) is 87.7 cm³/mol. The van der Waals surface area contributed by atoms with Crippen molar-refractivity contribution in [1.29, 1.82) is 0 Å². The number of ether oxygens (including phenoxy) is 1. The molecule has 0 saturated carbocycles. The van der Waals surface area contributed by atoms with E-state index in [2.05, 4.69) is 6.92 Å². The van der Waals surface area contributed by atoms with Crippen molar-refractivity contribution in [3.63, 3.8) is 0 Å². The molecule has 4 nitrogen and oxygen atoms in total. The molecule has 5 heteroatoms. The number of piperidine rings is 1. The van der Waals surface area contributed by atoms with Gasteiger partial charge >= 0.3 is 0 Å². The molecule has 1 heterocycles. The molecule has 2 aromatic carbocycles. The van der Waals surface area contributed by atoms with Gasteiger partial charge in [-0.25, -0.2) is 8.42 Å². The Morgan fingerprint density at radius 1 is 1.14 bits per heavy atom. The smallest absolute Gasteiger partial charge is 0.243 e. The second-order valence-corrected chi connectivity index (χ2v) is 7.92. The summed E-state index contributed by atoms with van der Waals surface area (Å²) in [6, 6.07) is 10.9. The minimum atomic E-state index is -3.40. The van der Waals surface area contributed by atoms with Crippen LogP contribution >= 0.6 is 0 Å². The Hall–Kier alpha value is -1.59. The van der Waals surface area contributed by atoms with E-state index in [4.69, 9.17) is 4.74 Å². The van der Waals surface area contributed by atoms with Crippen LogP contribution < -0.4 is 4.74 Å². The Labute approximate surface area is 131 Å². The quantitative estimate of drug-likeness (QED) is 0.872. The molecule has 2 aromatic rings. The molecular formula is C17H21NO3S. The number of hydrogen-bond acceptors (Lipinski definition) is 3. The van der Waals surface area contributed by atoms with Crippen LogP contribution in [0.3, 0.4) is 0 Å². The summed E-state index contributed by atoms with van der Waals surface area (Å²) in [6.07, 6.45) is 2.04. The minimum Gasteiger partial charge on any atom is -0.497 e. The van der Waals surface area contributed by atoms with Gasteiger partial charge in [0.2, 0.25) is 10.0 Å². The third-order valence-corrected chi connectivity index (χ3v) is 6.14. The van der Waals surface area contributed by atoms with Gasteiger partial charge in [0.25, 0.3) is 0 Å². The fourth-order valence-corrected chi connectivity index (χ4v) is 4.64. The standard InChI is InChI=1S/C17H21NO3S/c1-13-4-3-9-18(12-13)22(19,20)17-8-6-14-10-16(21-2)7-5-15(14)11-17/h5-8,10-11,13H,3-4,9,12H2,1-2H3/t13-/m0/s1. The lowest BCUT2D eigenvalue weighted by Crippen LogP contribution is -2.39. The summed E-state index contributed by atoms with van der Waals surface area (Å²) in [4.78, 5) is 0.374. The monoisotopic (exact) mass is 319 g/mol. The molecule has 3 rings (SSSR count). The molecule has 0 radical (unpaired) electrons. The fourth-order valence-electron chi connectivity index (χ4n) is 3.00. The summed E-state index contributed by atoms with van der Waals surface area (Å²) >= 11 is 0. The molecule has 0 spiro atoms. The Morgan fingerprint density at radius 3 is 2.59 bits per heavy atom. The molecule has 0 unspecified atom stereocenters. The summed E-state index contributed by atoms with van der Waals surface area (Å²) in [7, 11) is -1.78. The van der Waals surface area contributed by atoms with Crippen molar-refractivity contribution in [2.75, 3.05) is 20.2 Å². The van der Waals surface area contributed by atoms with Crippen LogP contribution in [0.5, 0.6) is 5.75 Å². The van der Waals surface area contributed by atoms with Crippen molar-refractivity contribution >= 4 is 20.8 Å². The molecule has 0 N–H and O–H groups in total. The summed E-state index contributed by atoms with van der Waals surface area (Å²) in [5, 5.41) is 1.89. The number of fused-ring (bicyclic) bond motifs is 1. The van der Waals surface area contributed by atoms with Crippen LogP contribution in [0.4, 0.5) is 0 Å². The average molecular weight is 319 g/mol. The zero-order valence-corrected chi connectivity index (χ0v) is 13.8. The average Bonchev–Trinajstić information content (AvgIpc) is 2.53. The highest BCUT2D eigenvalue weighted by Gasteiger charge is 2.28. The maximum Gasteiger partial charge on any atom is 0.243 e. The lowest BCUT2D eigenvalue weighted by Gasteiger charge is -2.30. The highest BCUT2D eigenvalue weighted by atomic mass is 32.2. The van der Waals surface area contributed by atoms with E-state index < -0.39 is 10.0 Å². The van der Waals surface area contributed by atoms with Crippen molar-refractivity contribution in [3.8, 4) is 5.75 Å². The molecule has 118 valence electrons. The van der Waals surface area contributed by atoms with Crippen molar-refractivity contribution in [3.05, 3.63) is 36.4 Å². The largest absolute Gasteiger partial charge is 0.497 e. The second kappa shape index (κ2) is 5.89. The fraction of sp³-hybridized carbons (Fsp3) is 0.412. The van der Waals surface area contributed by atoms with Crippen molar-refractivity contribution in [1.82, 2.24) is 4.31 Å². The lowest BCUT2D eigenvalue weighted by atomic mass is 10.0. The number of hydrogen-bond donors (Lipinski definition) is 0. The van der Waals surface area contributed by atoms with Crippen LogP contribution in [0.2, 0.25) is 0 Å². The van der Waals surface area contributed by atoms with Crippen molar-refractivity contribution < 1.29 is 13.2 Å². The molecule has 1 saturated heterocycles. The van der Waals surface area contributed by atoms with Gasteiger partial charge in [-0.2, -0.15) is 4.31 Å². The van der Waals surface area contributed by atoms with E-state index in [-0.39, 0.29) is 0 Å². The number of sulfonamides is 1. The summed E-state index contributed by atoms with van der Waals surface area (Å²) in [5.74, 6) is 1.20. The molecular weight excluding hydrogens is 298 g/mol. The SMILES string of the molecule is COc1ccc2cc(S(=O)(=O)N3CCC[C@H](C)C3)ccc2c1. The van der Waals surface area contributed by atoms with Crippen molar-refractivity contribution in [2.45, 2.75) is 24.7 Å². The first-order chi connectivity index (χ1) is 10.5. The maximum atomic E-state index is 12.8. The molecule has 1 aliphatic heterocycles. The van der Waals surface area contributed by atoms with E-state index in [9.17, 15) is 8.42 Å². The summed E-state index contributed by atoms with van der Waals surface area (Å²) in [5.41, 5.74) is 0. The van der Waals surface area contributed by atoms with Gasteiger partial charge < -0.3 is 4.74 Å². The predicted octanol–water partition coefficient (Wildman–Crippen LogP) is 3.27. The lowest BCUT2D eigenvalue weighted by molar-refractivity contribution is 0.281. The third-order valence-electron chi connectivity index (χ3n) is 4.28. The third kappa shape index (κ3) is 2.83. The Morgan fingerprint density at radius 2 is 1.86 bits per heavy atom. The van der Waals surface area contributed by atoms with E-state index in [1.54, 1.807) is 23.5 Å². The normalized spacial score (nSPS) is 20.2. The Bertz CT molecular complexity index is 786. The van der Waals surface area contributed by atoms with Gasteiger partial charge in [0.05, 0.1) is 12.0 Å². The topological polar surface area (TPSA) is 46.6 Å². The van der Waals surface area contributed by atoms with E-state index in [0.717, 1.165) is 29.4 Å². The van der Waals surface area contributed by atoms with Crippen LogP contribution in [-0.4, -0.2) is 32.9 Å². The van der Waals surface area contributed by atoms with E-state index in [0.29, 0.717) is 23.9 Å². The summed E-state index contributed by atoms with van der Waals surface area (Å²) in [6.45, 7) is 3.34. The van der Waals surface area contributed by atoms with Crippen LogP contribution in [0.1, 0.15) is 19.8 Å². The van der Waals surface area contributed by atoms with Crippen LogP contribution in [-0.2, 0) is 10.0 Å². The Balaban J connectivity index is 1.98. The summed E-state index contributed by atoms with van der Waals surface area (Å²) < 4.78 is 32.4. The van der Waals surface area contributed by atoms with Crippen LogP contribution in [0.25, 0.3) is 10.8 Å². The van der Waals surface area contributed by atoms with Gasteiger partial charge in [0.1, 0.15) is 5.75 Å². The molecule has 0 amide bonds. The molecule has 0 bridgehead atoms. The van der Waals surface area contributed by atoms with E-state index in [1.165, 1.54) is 0 Å². The molecule has 0 aliphatic carbocycles. The van der Waals surface area contributed by atoms with Crippen molar-refractivity contribution in [2.24, 2.45) is 5.92 Å². The molecule has 22 heavy (non-hydrogen) atoms. The second-order valence-electron chi connectivity index (χ2n) is 5.99. The zero-order chi connectivity index (χ0) is 15.7. The minimum absolute atomic E-state index is 0.374. The van der Waals surface area contributed by atoms with Gasteiger partial charge in [0, 0.05) is 13.1 Å². The Kier molecular flexibility index (Phi) is 4.10. The number of methoxy groups -OCH3 is 1. The van der Waals surface area contributed by atoms with Gasteiger partial charge in [-0.1, -0.05) is 19.1 Å². The maximum absolute atomic E-state index is 12.8. The number of benzene rings is 2. The first-order valence-electron chi connectivity index (χ1n) is 7.58. The van der Waals surface area contributed by atoms with E-state index in [1.807, 2.05) is 24.3 Å². The molecule has 1 fully saturated rings. The van der Waals surface area contributed by atoms with Gasteiger partial charge in [0.15, 0.2) is 0 Å². The number of nitrogens with zero attached hydrogens (tertiary/aromatic N) is 1.